The molecule has 28 heavy (non-hydrogen) atoms. The number of sulfone groups is 1. The van der Waals surface area contributed by atoms with Crippen molar-refractivity contribution in [2.45, 2.75) is 19.4 Å². The van der Waals surface area contributed by atoms with Crippen LogP contribution < -0.4 is 10.9 Å². The zero-order chi connectivity index (χ0) is 20.1. The van der Waals surface area contributed by atoms with Crippen LogP contribution in [0.25, 0.3) is 10.9 Å². The molecule has 1 aliphatic rings. The summed E-state index contributed by atoms with van der Waals surface area (Å²) in [5.41, 5.74) is 1.32. The number of anilines is 1. The minimum atomic E-state index is -3.09. The molecule has 0 bridgehead atoms. The molecule has 4 rings (SSSR count). The number of fused-ring (bicyclic) bond motifs is 1. The summed E-state index contributed by atoms with van der Waals surface area (Å²) in [6.07, 6.45) is 0.459. The molecule has 0 aliphatic carbocycles. The first-order chi connectivity index (χ1) is 13.2. The second-order valence-electron chi connectivity index (χ2n) is 7.10. The Morgan fingerprint density at radius 3 is 2.71 bits per heavy atom. The fourth-order valence-corrected chi connectivity index (χ4v) is 5.33. The van der Waals surface area contributed by atoms with Gasteiger partial charge in [-0.25, -0.2) is 13.1 Å². The first-order valence-electron chi connectivity index (χ1n) is 8.92. The van der Waals surface area contributed by atoms with Crippen molar-refractivity contribution in [3.63, 3.8) is 0 Å². The number of amides is 1. The van der Waals surface area contributed by atoms with Gasteiger partial charge in [0.2, 0.25) is 0 Å². The number of nitrogens with one attached hydrogen (secondary N) is 1. The number of benzene rings is 1. The number of hydrogen-bond acceptors (Lipinski definition) is 5. The third kappa shape index (κ3) is 3.22. The Hall–Kier alpha value is -2.94. The van der Waals surface area contributed by atoms with E-state index in [1.165, 1.54) is 10.6 Å². The summed E-state index contributed by atoms with van der Waals surface area (Å²) in [5.74, 6) is 0.111. The minimum Gasteiger partial charge on any atom is -0.311 e. The largest absolute Gasteiger partial charge is 0.311 e. The Morgan fingerprint density at radius 1 is 1.25 bits per heavy atom. The van der Waals surface area contributed by atoms with Crippen LogP contribution in [0.15, 0.2) is 41.2 Å². The van der Waals surface area contributed by atoms with Crippen LogP contribution in [0.2, 0.25) is 0 Å². The first kappa shape index (κ1) is 18.4. The van der Waals surface area contributed by atoms with Crippen LogP contribution in [0, 0.1) is 6.92 Å². The SMILES string of the molecule is Cc1cc(NC(=O)c2cc(=O)n(C)c3ccccc23)n(C2CCS(=O)(=O)C2)n1. The summed E-state index contributed by atoms with van der Waals surface area (Å²) in [6.45, 7) is 1.78. The van der Waals surface area contributed by atoms with Crippen molar-refractivity contribution < 1.29 is 13.2 Å². The van der Waals surface area contributed by atoms with Gasteiger partial charge in [-0.1, -0.05) is 18.2 Å². The average Bonchev–Trinajstić information content (AvgIpc) is 3.19. The smallest absolute Gasteiger partial charge is 0.257 e. The van der Waals surface area contributed by atoms with E-state index in [0.29, 0.717) is 28.8 Å². The van der Waals surface area contributed by atoms with Gasteiger partial charge in [0.15, 0.2) is 9.84 Å². The maximum Gasteiger partial charge on any atom is 0.257 e. The van der Waals surface area contributed by atoms with Crippen LogP contribution in [0.4, 0.5) is 5.82 Å². The molecule has 2 aromatic heterocycles. The molecule has 0 saturated carbocycles. The third-order valence-electron chi connectivity index (χ3n) is 5.05. The van der Waals surface area contributed by atoms with Crippen molar-refractivity contribution in [2.75, 3.05) is 16.8 Å². The third-order valence-corrected chi connectivity index (χ3v) is 6.80. The molecule has 1 atom stereocenters. The number of para-hydroxylation sites is 1. The van der Waals surface area contributed by atoms with E-state index in [4.69, 9.17) is 0 Å². The van der Waals surface area contributed by atoms with Crippen LogP contribution in [0.1, 0.15) is 28.5 Å². The topological polar surface area (TPSA) is 103 Å². The maximum atomic E-state index is 13.0. The number of nitrogens with zero attached hydrogens (tertiary/aromatic N) is 3. The Bertz CT molecular complexity index is 1260. The Labute approximate surface area is 161 Å². The monoisotopic (exact) mass is 400 g/mol. The number of aryl methyl sites for hydroxylation is 2. The first-order valence-corrected chi connectivity index (χ1v) is 10.7. The Kier molecular flexibility index (Phi) is 4.34. The zero-order valence-corrected chi connectivity index (χ0v) is 16.4. The highest BCUT2D eigenvalue weighted by Gasteiger charge is 2.31. The predicted molar refractivity (Wildman–Crippen MR) is 106 cm³/mol. The van der Waals surface area contributed by atoms with Gasteiger partial charge in [0.05, 0.1) is 34.3 Å². The van der Waals surface area contributed by atoms with Crippen molar-refractivity contribution in [3.8, 4) is 0 Å². The predicted octanol–water partition coefficient (Wildman–Crippen LogP) is 1.66. The summed E-state index contributed by atoms with van der Waals surface area (Å²) >= 11 is 0. The molecular weight excluding hydrogens is 380 g/mol. The number of hydrogen-bond donors (Lipinski definition) is 1. The summed E-state index contributed by atoms with van der Waals surface area (Å²) in [5, 5.41) is 7.84. The average molecular weight is 400 g/mol. The standard InChI is InChI=1S/C19H20N4O4S/c1-12-9-17(23(21-12)13-7-8-28(26,27)11-13)20-19(25)15-10-18(24)22(2)16-6-4-3-5-14(15)16/h3-6,9-10,13H,7-8,11H2,1-2H3,(H,20,25). The van der Waals surface area contributed by atoms with Gasteiger partial charge < -0.3 is 9.88 Å². The lowest BCUT2D eigenvalue weighted by Crippen LogP contribution is -2.23. The highest BCUT2D eigenvalue weighted by molar-refractivity contribution is 7.91. The molecule has 1 saturated heterocycles. The molecule has 1 N–H and O–H groups in total. The number of pyridine rings is 1. The molecule has 1 unspecified atom stereocenters. The van der Waals surface area contributed by atoms with E-state index in [9.17, 15) is 18.0 Å². The molecule has 9 heteroatoms. The van der Waals surface area contributed by atoms with Gasteiger partial charge in [0, 0.05) is 24.6 Å². The fourth-order valence-electron chi connectivity index (χ4n) is 3.64. The molecule has 1 aromatic carbocycles. The van der Waals surface area contributed by atoms with Crippen LogP contribution in [0.3, 0.4) is 0 Å². The van der Waals surface area contributed by atoms with Gasteiger partial charge in [0.25, 0.3) is 11.5 Å². The van der Waals surface area contributed by atoms with E-state index in [1.54, 1.807) is 42.9 Å². The maximum absolute atomic E-state index is 13.0. The normalized spacial score (nSPS) is 18.4. The quantitative estimate of drug-likeness (QED) is 0.720. The highest BCUT2D eigenvalue weighted by atomic mass is 32.2. The molecular formula is C19H20N4O4S. The summed E-state index contributed by atoms with van der Waals surface area (Å²) in [7, 11) is -1.43. The van der Waals surface area contributed by atoms with Gasteiger partial charge in [-0.05, 0) is 19.4 Å². The van der Waals surface area contributed by atoms with Gasteiger partial charge in [-0.2, -0.15) is 5.10 Å². The lowest BCUT2D eigenvalue weighted by Gasteiger charge is -2.15. The van der Waals surface area contributed by atoms with E-state index in [0.717, 1.165) is 0 Å². The van der Waals surface area contributed by atoms with E-state index < -0.39 is 15.7 Å². The summed E-state index contributed by atoms with van der Waals surface area (Å²) < 4.78 is 26.7. The van der Waals surface area contributed by atoms with Crippen molar-refractivity contribution >= 4 is 32.5 Å². The Morgan fingerprint density at radius 2 is 2.00 bits per heavy atom. The summed E-state index contributed by atoms with van der Waals surface area (Å²) in [6, 6.07) is 9.89. The van der Waals surface area contributed by atoms with Crippen LogP contribution in [-0.2, 0) is 16.9 Å². The lowest BCUT2D eigenvalue weighted by molar-refractivity contribution is 0.102. The van der Waals surface area contributed by atoms with E-state index in [2.05, 4.69) is 10.4 Å². The molecule has 0 radical (unpaired) electrons. The molecule has 0 spiro atoms. The van der Waals surface area contributed by atoms with Crippen molar-refractivity contribution in [1.29, 1.82) is 0 Å². The second-order valence-corrected chi connectivity index (χ2v) is 9.33. The van der Waals surface area contributed by atoms with Crippen molar-refractivity contribution in [3.05, 3.63) is 58.0 Å². The number of rotatable bonds is 3. The van der Waals surface area contributed by atoms with E-state index in [-0.39, 0.29) is 28.7 Å². The van der Waals surface area contributed by atoms with E-state index in [1.807, 2.05) is 6.07 Å². The second kappa shape index (κ2) is 6.59. The fraction of sp³-hybridized carbons (Fsp3) is 0.316. The van der Waals surface area contributed by atoms with Crippen LogP contribution >= 0.6 is 0 Å². The van der Waals surface area contributed by atoms with Gasteiger partial charge >= 0.3 is 0 Å². The lowest BCUT2D eigenvalue weighted by atomic mass is 10.1. The Balaban J connectivity index is 1.72. The van der Waals surface area contributed by atoms with Crippen LogP contribution in [-0.4, -0.2) is 40.2 Å². The zero-order valence-electron chi connectivity index (χ0n) is 15.5. The van der Waals surface area contributed by atoms with Gasteiger partial charge in [-0.3, -0.25) is 9.59 Å². The molecule has 1 fully saturated rings. The molecule has 3 aromatic rings. The molecule has 1 aliphatic heterocycles. The van der Waals surface area contributed by atoms with Crippen molar-refractivity contribution in [1.82, 2.24) is 14.3 Å². The van der Waals surface area contributed by atoms with Gasteiger partial charge in [-0.15, -0.1) is 0 Å². The molecule has 1 amide bonds. The highest BCUT2D eigenvalue weighted by Crippen LogP contribution is 2.27. The molecule has 146 valence electrons. The van der Waals surface area contributed by atoms with Crippen LogP contribution in [0.5, 0.6) is 0 Å². The number of carbonyl (C=O) groups is 1. The minimum absolute atomic E-state index is 0.00575. The van der Waals surface area contributed by atoms with Crippen molar-refractivity contribution in [2.24, 2.45) is 7.05 Å². The number of aromatic nitrogens is 3. The molecule has 3 heterocycles. The van der Waals surface area contributed by atoms with E-state index >= 15 is 0 Å². The number of carbonyl (C=O) groups excluding carboxylic acids is 1. The summed E-state index contributed by atoms with van der Waals surface area (Å²) in [4.78, 5) is 25.2. The molecule has 8 nitrogen and oxygen atoms in total. The van der Waals surface area contributed by atoms with Gasteiger partial charge in [0.1, 0.15) is 5.82 Å².